The summed E-state index contributed by atoms with van der Waals surface area (Å²) in [5.74, 6) is 0.150. The Morgan fingerprint density at radius 2 is 2.16 bits per heavy atom. The molecule has 1 aromatic rings. The highest BCUT2D eigenvalue weighted by molar-refractivity contribution is 9.10. The van der Waals surface area contributed by atoms with Gasteiger partial charge in [0.05, 0.1) is 6.07 Å². The molecule has 0 bridgehead atoms. The first-order chi connectivity index (χ1) is 9.20. The van der Waals surface area contributed by atoms with Gasteiger partial charge < -0.3 is 0 Å². The molecule has 1 aromatic carbocycles. The first-order valence-corrected chi connectivity index (χ1v) is 7.68. The van der Waals surface area contributed by atoms with Gasteiger partial charge in [0.15, 0.2) is 5.78 Å². The lowest BCUT2D eigenvalue weighted by atomic mass is 9.91. The van der Waals surface area contributed by atoms with Crippen LogP contribution >= 0.6 is 15.9 Å². The fraction of sp³-hybridized carbons (Fsp3) is 0.500. The predicted molar refractivity (Wildman–Crippen MR) is 78.7 cm³/mol. The van der Waals surface area contributed by atoms with E-state index in [9.17, 15) is 10.1 Å². The van der Waals surface area contributed by atoms with Crippen LogP contribution in [0.4, 0.5) is 0 Å². The van der Waals surface area contributed by atoms with Crippen LogP contribution < -0.4 is 0 Å². The molecule has 2 nitrogen and oxygen atoms in total. The fourth-order valence-corrected chi connectivity index (χ4v) is 3.23. The van der Waals surface area contributed by atoms with Gasteiger partial charge in [0, 0.05) is 10.9 Å². The minimum atomic E-state index is -0.612. The summed E-state index contributed by atoms with van der Waals surface area (Å²) in [6.07, 6.45) is 6.58. The third-order valence-electron chi connectivity index (χ3n) is 3.91. The van der Waals surface area contributed by atoms with E-state index in [1.807, 2.05) is 24.3 Å². The van der Waals surface area contributed by atoms with E-state index in [1.165, 1.54) is 25.7 Å². The zero-order valence-corrected chi connectivity index (χ0v) is 12.5. The molecule has 0 spiro atoms. The Morgan fingerprint density at radius 3 is 2.79 bits per heavy atom. The van der Waals surface area contributed by atoms with Crippen molar-refractivity contribution in [2.45, 2.75) is 44.4 Å². The monoisotopic (exact) mass is 319 g/mol. The van der Waals surface area contributed by atoms with Crippen LogP contribution in [-0.2, 0) is 4.79 Å². The lowest BCUT2D eigenvalue weighted by Crippen LogP contribution is -2.12. The third kappa shape index (κ3) is 3.91. The van der Waals surface area contributed by atoms with E-state index in [0.29, 0.717) is 12.3 Å². The van der Waals surface area contributed by atoms with Gasteiger partial charge in [-0.15, -0.1) is 0 Å². The Kier molecular flexibility index (Phi) is 5.15. The van der Waals surface area contributed by atoms with E-state index >= 15 is 0 Å². The van der Waals surface area contributed by atoms with E-state index in [1.54, 1.807) is 0 Å². The molecule has 0 saturated heterocycles. The van der Waals surface area contributed by atoms with E-state index in [-0.39, 0.29) is 5.78 Å². The highest BCUT2D eigenvalue weighted by atomic mass is 79.9. The molecular formula is C16H18BrNO. The second-order valence-electron chi connectivity index (χ2n) is 5.27. The van der Waals surface area contributed by atoms with Gasteiger partial charge in [0.2, 0.25) is 0 Å². The van der Waals surface area contributed by atoms with Crippen LogP contribution in [0.5, 0.6) is 0 Å². The first kappa shape index (κ1) is 14.3. The van der Waals surface area contributed by atoms with Crippen molar-refractivity contribution >= 4 is 21.7 Å². The van der Waals surface area contributed by atoms with Crippen molar-refractivity contribution < 1.29 is 4.79 Å². The Bertz CT molecular complexity index is 486. The van der Waals surface area contributed by atoms with E-state index in [2.05, 4.69) is 22.0 Å². The number of Topliss-reactive ketones (excluding diaryl/α,β-unsaturated/α-hetero) is 1. The highest BCUT2D eigenvalue weighted by Gasteiger charge is 2.22. The molecule has 0 heterocycles. The van der Waals surface area contributed by atoms with E-state index < -0.39 is 5.92 Å². The quantitative estimate of drug-likeness (QED) is 0.796. The maximum absolute atomic E-state index is 12.2. The summed E-state index contributed by atoms with van der Waals surface area (Å²) in [5, 5.41) is 9.25. The Morgan fingerprint density at radius 1 is 1.42 bits per heavy atom. The Labute approximate surface area is 122 Å². The fourth-order valence-electron chi connectivity index (χ4n) is 2.81. The second kappa shape index (κ2) is 6.86. The molecule has 1 atom stereocenters. The van der Waals surface area contributed by atoms with Gasteiger partial charge >= 0.3 is 0 Å². The zero-order valence-electron chi connectivity index (χ0n) is 10.9. The smallest absolute Gasteiger partial charge is 0.154 e. The van der Waals surface area contributed by atoms with Crippen LogP contribution in [0.15, 0.2) is 28.7 Å². The van der Waals surface area contributed by atoms with Gasteiger partial charge in [-0.3, -0.25) is 4.79 Å². The topological polar surface area (TPSA) is 40.9 Å². The molecule has 0 amide bonds. The van der Waals surface area contributed by atoms with Gasteiger partial charge in [-0.25, -0.2) is 0 Å². The molecule has 3 heteroatoms. The van der Waals surface area contributed by atoms with Gasteiger partial charge in [-0.05, 0) is 30.0 Å². The van der Waals surface area contributed by atoms with E-state index in [0.717, 1.165) is 16.5 Å². The highest BCUT2D eigenvalue weighted by Crippen LogP contribution is 2.30. The lowest BCUT2D eigenvalue weighted by molar-refractivity contribution is -0.119. The van der Waals surface area contributed by atoms with Crippen molar-refractivity contribution in [3.05, 3.63) is 34.3 Å². The predicted octanol–water partition coefficient (Wildman–Crippen LogP) is 4.60. The molecule has 2 rings (SSSR count). The molecule has 1 saturated carbocycles. The SMILES string of the molecule is N#CC(C(=O)CCC1CCCC1)c1cccc(Br)c1. The number of hydrogen-bond acceptors (Lipinski definition) is 2. The molecule has 19 heavy (non-hydrogen) atoms. The maximum atomic E-state index is 12.2. The van der Waals surface area contributed by atoms with Gasteiger partial charge in [0.1, 0.15) is 5.92 Å². The number of carbonyl (C=O) groups is 1. The van der Waals surface area contributed by atoms with Crippen molar-refractivity contribution in [1.82, 2.24) is 0 Å². The maximum Gasteiger partial charge on any atom is 0.154 e. The van der Waals surface area contributed by atoms with Crippen LogP contribution in [0.2, 0.25) is 0 Å². The molecule has 1 unspecified atom stereocenters. The van der Waals surface area contributed by atoms with Crippen molar-refractivity contribution in [1.29, 1.82) is 5.26 Å². The van der Waals surface area contributed by atoms with Crippen LogP contribution in [-0.4, -0.2) is 5.78 Å². The van der Waals surface area contributed by atoms with Crippen LogP contribution in [0, 0.1) is 17.2 Å². The normalized spacial score (nSPS) is 17.1. The molecule has 1 aliphatic rings. The number of benzene rings is 1. The number of nitrogens with zero attached hydrogens (tertiary/aromatic N) is 1. The molecule has 0 aromatic heterocycles. The number of rotatable bonds is 5. The average molecular weight is 320 g/mol. The van der Waals surface area contributed by atoms with Crippen molar-refractivity contribution in [2.24, 2.45) is 5.92 Å². The van der Waals surface area contributed by atoms with Crippen molar-refractivity contribution in [2.75, 3.05) is 0 Å². The summed E-state index contributed by atoms with van der Waals surface area (Å²) in [5.41, 5.74) is 0.799. The molecule has 0 N–H and O–H groups in total. The van der Waals surface area contributed by atoms with Gasteiger partial charge in [-0.2, -0.15) is 5.26 Å². The first-order valence-electron chi connectivity index (χ1n) is 6.88. The average Bonchev–Trinajstić information content (AvgIpc) is 2.90. The molecule has 0 aliphatic heterocycles. The molecule has 0 radical (unpaired) electrons. The summed E-state index contributed by atoms with van der Waals surface area (Å²) in [6, 6.07) is 9.64. The summed E-state index contributed by atoms with van der Waals surface area (Å²) in [7, 11) is 0. The van der Waals surface area contributed by atoms with Gasteiger partial charge in [0.25, 0.3) is 0 Å². The van der Waals surface area contributed by atoms with Crippen LogP contribution in [0.1, 0.15) is 50.0 Å². The second-order valence-corrected chi connectivity index (χ2v) is 6.19. The molecule has 1 fully saturated rings. The van der Waals surface area contributed by atoms with Crippen LogP contribution in [0.3, 0.4) is 0 Å². The molecule has 100 valence electrons. The number of halogens is 1. The molecule has 1 aliphatic carbocycles. The summed E-state index contributed by atoms with van der Waals surface area (Å²) in [4.78, 5) is 12.2. The minimum Gasteiger partial charge on any atom is -0.298 e. The largest absolute Gasteiger partial charge is 0.298 e. The Hall–Kier alpha value is -1.14. The minimum absolute atomic E-state index is 0.0625. The van der Waals surface area contributed by atoms with Crippen LogP contribution in [0.25, 0.3) is 0 Å². The lowest BCUT2D eigenvalue weighted by Gasteiger charge is -2.11. The number of nitriles is 1. The number of ketones is 1. The summed E-state index contributed by atoms with van der Waals surface area (Å²) < 4.78 is 0.911. The van der Waals surface area contributed by atoms with Crippen molar-refractivity contribution in [3.8, 4) is 6.07 Å². The van der Waals surface area contributed by atoms with Gasteiger partial charge in [-0.1, -0.05) is 53.7 Å². The summed E-state index contributed by atoms with van der Waals surface area (Å²) >= 11 is 3.38. The van der Waals surface area contributed by atoms with E-state index in [4.69, 9.17) is 0 Å². The van der Waals surface area contributed by atoms with Crippen molar-refractivity contribution in [3.63, 3.8) is 0 Å². The standard InChI is InChI=1S/C16H18BrNO/c17-14-7-3-6-13(10-14)15(11-18)16(19)9-8-12-4-1-2-5-12/h3,6-7,10,12,15H,1-2,4-5,8-9H2. The Balaban J connectivity index is 1.97. The number of hydrogen-bond donors (Lipinski definition) is 0. The zero-order chi connectivity index (χ0) is 13.7. The third-order valence-corrected chi connectivity index (χ3v) is 4.40. The summed E-state index contributed by atoms with van der Waals surface area (Å²) in [6.45, 7) is 0. The number of carbonyl (C=O) groups excluding carboxylic acids is 1. The molecular weight excluding hydrogens is 302 g/mol.